The lowest BCUT2D eigenvalue weighted by Gasteiger charge is -2.36. The lowest BCUT2D eigenvalue weighted by molar-refractivity contribution is -0.127. The third-order valence-corrected chi connectivity index (χ3v) is 4.76. The van der Waals surface area contributed by atoms with Gasteiger partial charge in [-0.1, -0.05) is 43.7 Å². The standard InChI is InChI=1S/C19H26N6O2/c1-12(2)9-10-25-15-16(24(4)19(27)22-17(15)26)21-18(25)23-20-11-14-7-5-13(3)6-8-14/h5-8,11-12,15-16H,9-10H2,1-4H3,(H,21,23)(H,22,26,27)/b20-11+. The molecule has 2 aliphatic heterocycles. The zero-order valence-electron chi connectivity index (χ0n) is 16.1. The molecule has 2 aliphatic rings. The Balaban J connectivity index is 1.78. The van der Waals surface area contributed by atoms with E-state index in [0.29, 0.717) is 18.4 Å². The van der Waals surface area contributed by atoms with Crippen LogP contribution >= 0.6 is 0 Å². The SMILES string of the molecule is Cc1ccc(/C=N/NC2=NC3C(C(=O)NC(=O)N3C)N2CCC(C)C)cc1. The molecule has 3 rings (SSSR count). The summed E-state index contributed by atoms with van der Waals surface area (Å²) < 4.78 is 0. The molecule has 8 nitrogen and oxygen atoms in total. The van der Waals surface area contributed by atoms with Crippen LogP contribution in [0.2, 0.25) is 0 Å². The molecule has 2 N–H and O–H groups in total. The maximum Gasteiger partial charge on any atom is 0.325 e. The van der Waals surface area contributed by atoms with E-state index in [-0.39, 0.29) is 5.91 Å². The predicted octanol–water partition coefficient (Wildman–Crippen LogP) is 1.51. The van der Waals surface area contributed by atoms with Crippen LogP contribution in [0.1, 0.15) is 31.4 Å². The number of guanidine groups is 1. The van der Waals surface area contributed by atoms with Gasteiger partial charge in [0, 0.05) is 13.6 Å². The molecule has 2 unspecified atom stereocenters. The number of nitrogens with zero attached hydrogens (tertiary/aromatic N) is 4. The maximum absolute atomic E-state index is 12.4. The minimum Gasteiger partial charge on any atom is -0.326 e. The number of likely N-dealkylation sites (N-methyl/N-ethyl adjacent to an activating group) is 1. The zero-order valence-corrected chi connectivity index (χ0v) is 16.1. The Bertz CT molecular complexity index is 771. The first-order chi connectivity index (χ1) is 12.9. The summed E-state index contributed by atoms with van der Waals surface area (Å²) in [7, 11) is 1.64. The predicted molar refractivity (Wildman–Crippen MR) is 104 cm³/mol. The number of imide groups is 1. The Morgan fingerprint density at radius 2 is 2.00 bits per heavy atom. The van der Waals surface area contributed by atoms with Gasteiger partial charge in [-0.15, -0.1) is 0 Å². The van der Waals surface area contributed by atoms with Gasteiger partial charge in [-0.25, -0.2) is 15.2 Å². The molecule has 2 atom stereocenters. The van der Waals surface area contributed by atoms with Crippen molar-refractivity contribution in [1.29, 1.82) is 0 Å². The highest BCUT2D eigenvalue weighted by Gasteiger charge is 2.48. The third kappa shape index (κ3) is 4.10. The van der Waals surface area contributed by atoms with E-state index < -0.39 is 18.2 Å². The third-order valence-electron chi connectivity index (χ3n) is 4.76. The number of aryl methyl sites for hydroxylation is 1. The average Bonchev–Trinajstić information content (AvgIpc) is 2.99. The Kier molecular flexibility index (Phi) is 5.43. The van der Waals surface area contributed by atoms with Crippen molar-refractivity contribution in [1.82, 2.24) is 20.5 Å². The van der Waals surface area contributed by atoms with Gasteiger partial charge >= 0.3 is 6.03 Å². The number of nitrogens with one attached hydrogen (secondary N) is 2. The number of rotatable bonds is 5. The van der Waals surface area contributed by atoms with Crippen LogP contribution in [0.4, 0.5) is 4.79 Å². The second-order valence-electron chi connectivity index (χ2n) is 7.37. The number of carbonyl (C=O) groups is 2. The molecule has 0 saturated carbocycles. The van der Waals surface area contributed by atoms with Crippen LogP contribution in [0.15, 0.2) is 34.4 Å². The monoisotopic (exact) mass is 370 g/mol. The Hall–Kier alpha value is -2.90. The van der Waals surface area contributed by atoms with Crippen LogP contribution in [0.5, 0.6) is 0 Å². The van der Waals surface area contributed by atoms with Crippen LogP contribution < -0.4 is 10.7 Å². The van der Waals surface area contributed by atoms with E-state index in [1.807, 2.05) is 36.1 Å². The van der Waals surface area contributed by atoms with Crippen molar-refractivity contribution < 1.29 is 9.59 Å². The molecule has 8 heteroatoms. The number of hydrogen-bond donors (Lipinski definition) is 2. The summed E-state index contributed by atoms with van der Waals surface area (Å²) in [5.41, 5.74) is 5.10. The summed E-state index contributed by atoms with van der Waals surface area (Å²) in [6.45, 7) is 6.94. The first kappa shape index (κ1) is 18.9. The molecule has 3 amide bonds. The second kappa shape index (κ2) is 7.77. The molecule has 2 heterocycles. The second-order valence-corrected chi connectivity index (χ2v) is 7.37. The summed E-state index contributed by atoms with van der Waals surface area (Å²) in [4.78, 5) is 32.2. The van der Waals surface area contributed by atoms with Gasteiger partial charge in [0.1, 0.15) is 0 Å². The number of amides is 3. The maximum atomic E-state index is 12.4. The van der Waals surface area contributed by atoms with E-state index in [1.165, 1.54) is 10.5 Å². The van der Waals surface area contributed by atoms with Gasteiger partial charge in [0.15, 0.2) is 12.2 Å². The van der Waals surface area contributed by atoms with Gasteiger partial charge in [-0.05, 0) is 24.8 Å². The fourth-order valence-corrected chi connectivity index (χ4v) is 3.08. The largest absolute Gasteiger partial charge is 0.326 e. The minimum absolute atomic E-state index is 0.324. The van der Waals surface area contributed by atoms with Crippen molar-refractivity contribution in [3.8, 4) is 0 Å². The molecule has 1 fully saturated rings. The van der Waals surface area contributed by atoms with E-state index in [2.05, 4.69) is 34.7 Å². The van der Waals surface area contributed by atoms with Crippen molar-refractivity contribution in [2.45, 2.75) is 39.4 Å². The molecular weight excluding hydrogens is 344 g/mol. The number of hydrazone groups is 1. The number of urea groups is 1. The first-order valence-corrected chi connectivity index (χ1v) is 9.14. The zero-order chi connectivity index (χ0) is 19.6. The number of fused-ring (bicyclic) bond motifs is 1. The topological polar surface area (TPSA) is 89.4 Å². The summed E-state index contributed by atoms with van der Waals surface area (Å²) in [6.07, 6.45) is 2.06. The van der Waals surface area contributed by atoms with Gasteiger partial charge in [-0.3, -0.25) is 10.1 Å². The van der Waals surface area contributed by atoms with Crippen LogP contribution in [-0.4, -0.2) is 59.7 Å². The van der Waals surface area contributed by atoms with Gasteiger partial charge in [-0.2, -0.15) is 5.10 Å². The van der Waals surface area contributed by atoms with E-state index in [1.54, 1.807) is 13.3 Å². The summed E-state index contributed by atoms with van der Waals surface area (Å²) >= 11 is 0. The molecule has 27 heavy (non-hydrogen) atoms. The lowest BCUT2D eigenvalue weighted by Crippen LogP contribution is -2.64. The number of carbonyl (C=O) groups excluding carboxylic acids is 2. The highest BCUT2D eigenvalue weighted by Crippen LogP contribution is 2.24. The molecule has 0 bridgehead atoms. The summed E-state index contributed by atoms with van der Waals surface area (Å²) in [6, 6.07) is 7.02. The molecule has 144 valence electrons. The fourth-order valence-electron chi connectivity index (χ4n) is 3.08. The highest BCUT2D eigenvalue weighted by atomic mass is 16.2. The van der Waals surface area contributed by atoms with Crippen LogP contribution in [0.25, 0.3) is 0 Å². The van der Waals surface area contributed by atoms with E-state index in [9.17, 15) is 9.59 Å². The van der Waals surface area contributed by atoms with Crippen molar-refractivity contribution in [2.24, 2.45) is 16.0 Å². The molecule has 0 aromatic heterocycles. The highest BCUT2D eigenvalue weighted by molar-refractivity contribution is 6.03. The molecule has 0 aliphatic carbocycles. The number of aliphatic imine (C=N–C) groups is 1. The molecule has 0 spiro atoms. The molecule has 1 saturated heterocycles. The number of benzene rings is 1. The van der Waals surface area contributed by atoms with Gasteiger partial charge in [0.05, 0.1) is 6.21 Å². The van der Waals surface area contributed by atoms with Crippen molar-refractivity contribution in [3.63, 3.8) is 0 Å². The Morgan fingerprint density at radius 3 is 2.67 bits per heavy atom. The fraction of sp³-hybridized carbons (Fsp3) is 0.474. The van der Waals surface area contributed by atoms with Crippen molar-refractivity contribution in [3.05, 3.63) is 35.4 Å². The normalized spacial score (nSPS) is 22.3. The Morgan fingerprint density at radius 1 is 1.30 bits per heavy atom. The van der Waals surface area contributed by atoms with Crippen molar-refractivity contribution in [2.75, 3.05) is 13.6 Å². The minimum atomic E-state index is -0.546. The summed E-state index contributed by atoms with van der Waals surface area (Å²) in [5.74, 6) is 0.660. The molecule has 1 aromatic carbocycles. The average molecular weight is 370 g/mol. The van der Waals surface area contributed by atoms with Gasteiger partial charge in [0.25, 0.3) is 5.91 Å². The van der Waals surface area contributed by atoms with E-state index in [0.717, 1.165) is 12.0 Å². The van der Waals surface area contributed by atoms with E-state index in [4.69, 9.17) is 0 Å². The van der Waals surface area contributed by atoms with Gasteiger partial charge < -0.3 is 9.80 Å². The molecular formula is C19H26N6O2. The first-order valence-electron chi connectivity index (χ1n) is 9.14. The quantitative estimate of drug-likeness (QED) is 0.607. The van der Waals surface area contributed by atoms with Crippen LogP contribution in [0.3, 0.4) is 0 Å². The smallest absolute Gasteiger partial charge is 0.325 e. The molecule has 0 radical (unpaired) electrons. The van der Waals surface area contributed by atoms with Crippen LogP contribution in [-0.2, 0) is 4.79 Å². The number of hydrogen-bond acceptors (Lipinski definition) is 6. The lowest BCUT2D eigenvalue weighted by atomic mass is 10.1. The molecule has 1 aromatic rings. The van der Waals surface area contributed by atoms with Crippen molar-refractivity contribution >= 4 is 24.1 Å². The van der Waals surface area contributed by atoms with Gasteiger partial charge in [0.2, 0.25) is 5.96 Å². The van der Waals surface area contributed by atoms with Crippen LogP contribution in [0, 0.1) is 12.8 Å². The Labute approximate surface area is 159 Å². The van der Waals surface area contributed by atoms with E-state index >= 15 is 0 Å². The summed E-state index contributed by atoms with van der Waals surface area (Å²) in [5, 5.41) is 6.67.